The van der Waals surface area contributed by atoms with Gasteiger partial charge in [-0.15, -0.1) is 0 Å². The average Bonchev–Trinajstić information content (AvgIpc) is 2.84. The van der Waals surface area contributed by atoms with Crippen molar-refractivity contribution >= 4 is 34.9 Å². The van der Waals surface area contributed by atoms with E-state index in [-0.39, 0.29) is 12.4 Å². The number of ketones is 1. The van der Waals surface area contributed by atoms with Crippen LogP contribution in [0.5, 0.6) is 5.75 Å². The molecule has 0 heterocycles. The van der Waals surface area contributed by atoms with Crippen LogP contribution in [0, 0.1) is 0 Å². The lowest BCUT2D eigenvalue weighted by atomic mass is 10.1. The van der Waals surface area contributed by atoms with E-state index in [0.717, 1.165) is 15.9 Å². The molecule has 4 rings (SSSR count). The monoisotopic (exact) mass is 410 g/mol. The maximum atomic E-state index is 13.2. The van der Waals surface area contributed by atoms with E-state index in [1.165, 1.54) is 0 Å². The molecular weight excluding hydrogens is 387 g/mol. The zero-order chi connectivity index (χ0) is 20.8. The molecule has 4 aromatic carbocycles. The molecule has 0 unspecified atom stereocenters. The van der Waals surface area contributed by atoms with Crippen LogP contribution >= 0.6 is 6.89 Å². The summed E-state index contributed by atoms with van der Waals surface area (Å²) < 4.78 is 5.74. The minimum atomic E-state index is -2.24. The molecule has 0 aromatic heterocycles. The Balaban J connectivity index is 1.78. The lowest BCUT2D eigenvalue weighted by Crippen LogP contribution is -2.30. The van der Waals surface area contributed by atoms with Gasteiger partial charge in [0, 0.05) is 5.56 Å². The van der Waals surface area contributed by atoms with Crippen LogP contribution in [0.1, 0.15) is 10.4 Å². The second kappa shape index (κ2) is 8.98. The Morgan fingerprint density at radius 2 is 1.13 bits per heavy atom. The number of rotatable bonds is 7. The zero-order valence-electron chi connectivity index (χ0n) is 16.6. The molecule has 0 radical (unpaired) electrons. The Labute approximate surface area is 177 Å². The van der Waals surface area contributed by atoms with Gasteiger partial charge in [-0.25, -0.2) is 0 Å². The Kier molecular flexibility index (Phi) is 5.97. The number of hydrogen-bond acceptors (Lipinski definition) is 2. The molecule has 0 spiro atoms. The van der Waals surface area contributed by atoms with E-state index in [9.17, 15) is 4.79 Å². The lowest BCUT2D eigenvalue weighted by molar-refractivity contribution is 0.0922. The minimum Gasteiger partial charge on any atom is -0.485 e. The lowest BCUT2D eigenvalue weighted by Gasteiger charge is -2.28. The van der Waals surface area contributed by atoms with E-state index in [1.807, 2.05) is 91.0 Å². The van der Waals surface area contributed by atoms with Crippen LogP contribution in [-0.4, -0.2) is 18.7 Å². The van der Waals surface area contributed by atoms with Crippen LogP contribution < -0.4 is 20.7 Å². The van der Waals surface area contributed by atoms with Gasteiger partial charge in [0.05, 0.1) is 0 Å². The number of carbonyl (C=O) groups is 1. The highest BCUT2D eigenvalue weighted by atomic mass is 31.2. The summed E-state index contributed by atoms with van der Waals surface area (Å²) in [5, 5.41) is 3.25. The highest BCUT2D eigenvalue weighted by molar-refractivity contribution is 7.93. The fraction of sp³-hybridized carbons (Fsp3) is 0.0370. The van der Waals surface area contributed by atoms with E-state index < -0.39 is 6.89 Å². The first-order valence-corrected chi connectivity index (χ1v) is 11.8. The van der Waals surface area contributed by atoms with Crippen LogP contribution in [0.2, 0.25) is 0 Å². The van der Waals surface area contributed by atoms with Crippen molar-refractivity contribution in [3.8, 4) is 5.75 Å². The van der Waals surface area contributed by atoms with Gasteiger partial charge in [-0.3, -0.25) is 4.79 Å². The molecule has 0 N–H and O–H groups in total. The number of benzene rings is 4. The molecule has 0 fully saturated rings. The van der Waals surface area contributed by atoms with Crippen LogP contribution in [0.4, 0.5) is 0 Å². The first-order valence-electron chi connectivity index (χ1n) is 9.85. The molecule has 0 amide bonds. The van der Waals surface area contributed by atoms with Crippen molar-refractivity contribution in [1.29, 1.82) is 0 Å². The van der Waals surface area contributed by atoms with Crippen molar-refractivity contribution in [3.05, 3.63) is 121 Å². The van der Waals surface area contributed by atoms with Crippen LogP contribution in [0.15, 0.2) is 115 Å². The summed E-state index contributed by atoms with van der Waals surface area (Å²) in [4.78, 5) is 13.2. The van der Waals surface area contributed by atoms with Gasteiger partial charge in [-0.2, -0.15) is 0 Å². The molecule has 0 aliphatic carbocycles. The third kappa shape index (κ3) is 4.01. The van der Waals surface area contributed by atoms with E-state index >= 15 is 0 Å². The van der Waals surface area contributed by atoms with Gasteiger partial charge in [0.1, 0.15) is 5.75 Å². The quantitative estimate of drug-likeness (QED) is 0.327. The molecule has 2 nitrogen and oxygen atoms in total. The van der Waals surface area contributed by atoms with Crippen molar-refractivity contribution in [2.24, 2.45) is 0 Å². The molecule has 0 saturated heterocycles. The van der Waals surface area contributed by atoms with Crippen LogP contribution in [0.3, 0.4) is 0 Å². The standard InChI is InChI=1S/C27H23O2P/c1-30(23-15-7-3-8-16-23,24-17-9-4-10-18-24)27-20-12-11-19-25(27)26(28)21-29-22-13-5-2-6-14-22/h2-20H,1,21H2. The van der Waals surface area contributed by atoms with Gasteiger partial charge in [0.15, 0.2) is 6.61 Å². The Morgan fingerprint density at radius 3 is 1.70 bits per heavy atom. The third-order valence-corrected chi connectivity index (χ3v) is 8.69. The molecule has 148 valence electrons. The molecule has 0 saturated carbocycles. The molecule has 4 aromatic rings. The fourth-order valence-corrected chi connectivity index (χ4v) is 6.75. The van der Waals surface area contributed by atoms with Crippen molar-refractivity contribution in [2.75, 3.05) is 6.61 Å². The van der Waals surface area contributed by atoms with Crippen LogP contribution in [-0.2, 0) is 0 Å². The molecule has 0 atom stereocenters. The summed E-state index contributed by atoms with van der Waals surface area (Å²) in [6.45, 7) is -2.25. The summed E-state index contributed by atoms with van der Waals surface area (Å²) in [6.07, 6.45) is 4.76. The Morgan fingerprint density at radius 1 is 0.667 bits per heavy atom. The van der Waals surface area contributed by atoms with Crippen molar-refractivity contribution in [2.45, 2.75) is 0 Å². The average molecular weight is 410 g/mol. The van der Waals surface area contributed by atoms with E-state index in [0.29, 0.717) is 11.3 Å². The van der Waals surface area contributed by atoms with Gasteiger partial charge in [-0.1, -0.05) is 109 Å². The molecular formula is C27H23O2P. The summed E-state index contributed by atoms with van der Waals surface area (Å²) in [6, 6.07) is 37.8. The third-order valence-electron chi connectivity index (χ3n) is 5.12. The molecule has 0 aliphatic heterocycles. The van der Waals surface area contributed by atoms with Crippen molar-refractivity contribution < 1.29 is 9.53 Å². The summed E-state index contributed by atoms with van der Waals surface area (Å²) in [7, 11) is 0. The largest absolute Gasteiger partial charge is 0.485 e. The van der Waals surface area contributed by atoms with Gasteiger partial charge in [0.25, 0.3) is 0 Å². The zero-order valence-corrected chi connectivity index (χ0v) is 17.5. The maximum absolute atomic E-state index is 13.2. The predicted molar refractivity (Wildman–Crippen MR) is 129 cm³/mol. The van der Waals surface area contributed by atoms with Crippen molar-refractivity contribution in [3.63, 3.8) is 0 Å². The van der Waals surface area contributed by atoms with E-state index in [2.05, 4.69) is 24.3 Å². The highest BCUT2D eigenvalue weighted by Gasteiger charge is 2.26. The van der Waals surface area contributed by atoms with E-state index in [1.54, 1.807) is 0 Å². The fourth-order valence-electron chi connectivity index (χ4n) is 3.58. The maximum Gasteiger partial charge on any atom is 0.200 e. The Hall–Kier alpha value is -3.35. The molecule has 3 heteroatoms. The first kappa shape index (κ1) is 19.9. The second-order valence-electron chi connectivity index (χ2n) is 7.02. The summed E-state index contributed by atoms with van der Waals surface area (Å²) >= 11 is 0. The smallest absolute Gasteiger partial charge is 0.200 e. The summed E-state index contributed by atoms with van der Waals surface area (Å²) in [5.74, 6) is 0.638. The molecule has 0 bridgehead atoms. The molecule has 30 heavy (non-hydrogen) atoms. The number of para-hydroxylation sites is 1. The summed E-state index contributed by atoms with van der Waals surface area (Å²) in [5.41, 5.74) is 0.671. The number of hydrogen-bond donors (Lipinski definition) is 0. The van der Waals surface area contributed by atoms with Gasteiger partial charge >= 0.3 is 0 Å². The molecule has 0 aliphatic rings. The predicted octanol–water partition coefficient (Wildman–Crippen LogP) is 4.67. The number of Topliss-reactive ketones (excluding diaryl/α,β-unsaturated/α-hetero) is 1. The van der Waals surface area contributed by atoms with Gasteiger partial charge < -0.3 is 4.74 Å². The SMILES string of the molecule is C=P(c1ccccc1)(c1ccccc1)c1ccccc1C(=O)COc1ccccc1. The van der Waals surface area contributed by atoms with Gasteiger partial charge in [-0.05, 0) is 34.9 Å². The minimum absolute atomic E-state index is 0.00932. The van der Waals surface area contributed by atoms with Gasteiger partial charge in [0.2, 0.25) is 5.78 Å². The van der Waals surface area contributed by atoms with E-state index in [4.69, 9.17) is 11.0 Å². The first-order chi connectivity index (χ1) is 14.7. The highest BCUT2D eigenvalue weighted by Crippen LogP contribution is 2.42. The Bertz CT molecular complexity index is 1130. The second-order valence-corrected chi connectivity index (χ2v) is 10.2. The topological polar surface area (TPSA) is 26.3 Å². The number of carbonyl (C=O) groups excluding carboxylic acids is 1. The van der Waals surface area contributed by atoms with Crippen LogP contribution in [0.25, 0.3) is 0 Å². The number of ether oxygens (including phenoxy) is 1. The van der Waals surface area contributed by atoms with Crippen molar-refractivity contribution in [1.82, 2.24) is 0 Å². The normalized spacial score (nSPS) is 11.1.